The Morgan fingerprint density at radius 1 is 1.33 bits per heavy atom. The molecule has 6 nitrogen and oxygen atoms in total. The van der Waals surface area contributed by atoms with E-state index in [2.05, 4.69) is 0 Å². The zero-order chi connectivity index (χ0) is 9.72. The molecule has 3 N–H and O–H groups in total. The summed E-state index contributed by atoms with van der Waals surface area (Å²) in [5, 5.41) is 0. The summed E-state index contributed by atoms with van der Waals surface area (Å²) < 4.78 is 0. The Labute approximate surface area is 71.3 Å². The highest BCUT2D eigenvalue weighted by Gasteiger charge is 2.11. The first kappa shape index (κ1) is 10.7. The molecule has 0 spiro atoms. The Morgan fingerprint density at radius 2 is 1.83 bits per heavy atom. The summed E-state index contributed by atoms with van der Waals surface area (Å²) in [5.41, 5.74) is 1.93. The smallest absolute Gasteiger partial charge is 0.331 e. The molecule has 0 atom stereocenters. The summed E-state index contributed by atoms with van der Waals surface area (Å²) in [6.07, 6.45) is 0. The Balaban J connectivity index is 3.92. The van der Waals surface area contributed by atoms with E-state index in [0.717, 1.165) is 0 Å². The minimum atomic E-state index is -0.481. The van der Waals surface area contributed by atoms with Crippen molar-refractivity contribution in [2.24, 2.45) is 5.84 Å². The molecule has 0 bridgehead atoms. The van der Waals surface area contributed by atoms with Crippen molar-refractivity contribution >= 4 is 11.9 Å². The van der Waals surface area contributed by atoms with Crippen LogP contribution < -0.4 is 11.3 Å². The molecule has 0 saturated carbocycles. The summed E-state index contributed by atoms with van der Waals surface area (Å²) in [5.74, 6) is 4.71. The summed E-state index contributed by atoms with van der Waals surface area (Å²) in [4.78, 5) is 24.4. The van der Waals surface area contributed by atoms with Gasteiger partial charge in [-0.1, -0.05) is 0 Å². The van der Waals surface area contributed by atoms with Crippen molar-refractivity contribution in [1.29, 1.82) is 0 Å². The average molecular weight is 174 g/mol. The van der Waals surface area contributed by atoms with E-state index in [-0.39, 0.29) is 12.5 Å². The second-order valence-electron chi connectivity index (χ2n) is 2.59. The van der Waals surface area contributed by atoms with Crippen molar-refractivity contribution < 1.29 is 9.59 Å². The molecule has 0 aromatic rings. The van der Waals surface area contributed by atoms with Gasteiger partial charge in [0.05, 0.1) is 0 Å². The molecule has 0 heterocycles. The van der Waals surface area contributed by atoms with Gasteiger partial charge in [0.15, 0.2) is 0 Å². The van der Waals surface area contributed by atoms with Crippen molar-refractivity contribution in [2.45, 2.75) is 0 Å². The lowest BCUT2D eigenvalue weighted by molar-refractivity contribution is -0.129. The number of nitrogens with two attached hydrogens (primary N) is 1. The zero-order valence-corrected chi connectivity index (χ0v) is 7.50. The number of amides is 3. The van der Waals surface area contributed by atoms with Gasteiger partial charge in [-0.15, -0.1) is 0 Å². The van der Waals surface area contributed by atoms with Gasteiger partial charge in [0, 0.05) is 21.1 Å². The summed E-state index contributed by atoms with van der Waals surface area (Å²) in [7, 11) is 4.73. The van der Waals surface area contributed by atoms with Crippen LogP contribution in [0.4, 0.5) is 4.79 Å². The van der Waals surface area contributed by atoms with Gasteiger partial charge in [-0.05, 0) is 0 Å². The van der Waals surface area contributed by atoms with E-state index < -0.39 is 6.03 Å². The van der Waals surface area contributed by atoms with Crippen LogP contribution in [0.1, 0.15) is 0 Å². The van der Waals surface area contributed by atoms with Crippen molar-refractivity contribution in [3.05, 3.63) is 0 Å². The van der Waals surface area contributed by atoms with Crippen molar-refractivity contribution in [3.8, 4) is 0 Å². The van der Waals surface area contributed by atoms with Crippen LogP contribution in [0.15, 0.2) is 0 Å². The van der Waals surface area contributed by atoms with Crippen LogP contribution in [0, 0.1) is 0 Å². The molecule has 12 heavy (non-hydrogen) atoms. The van der Waals surface area contributed by atoms with Gasteiger partial charge < -0.3 is 9.80 Å². The van der Waals surface area contributed by atoms with E-state index in [4.69, 9.17) is 5.84 Å². The molecular formula is C6H14N4O2. The lowest BCUT2D eigenvalue weighted by atomic mass is 10.5. The molecule has 0 saturated heterocycles. The SMILES string of the molecule is CN(C)C(=O)CN(C)C(=O)NN. The van der Waals surface area contributed by atoms with Crippen LogP contribution in [-0.4, -0.2) is 49.4 Å². The van der Waals surface area contributed by atoms with Gasteiger partial charge in [-0.3, -0.25) is 10.2 Å². The molecule has 0 aromatic heterocycles. The fourth-order valence-corrected chi connectivity index (χ4v) is 0.526. The maximum Gasteiger partial charge on any atom is 0.331 e. The largest absolute Gasteiger partial charge is 0.347 e. The maximum absolute atomic E-state index is 11.0. The second kappa shape index (κ2) is 4.55. The zero-order valence-electron chi connectivity index (χ0n) is 7.50. The highest BCUT2D eigenvalue weighted by molar-refractivity contribution is 5.83. The number of carbonyl (C=O) groups excluding carboxylic acids is 2. The predicted molar refractivity (Wildman–Crippen MR) is 44.0 cm³/mol. The number of hydrogen-bond acceptors (Lipinski definition) is 3. The van der Waals surface area contributed by atoms with Gasteiger partial charge in [0.1, 0.15) is 6.54 Å². The molecule has 0 radical (unpaired) electrons. The topological polar surface area (TPSA) is 78.7 Å². The van der Waals surface area contributed by atoms with Gasteiger partial charge in [0.2, 0.25) is 5.91 Å². The number of urea groups is 1. The van der Waals surface area contributed by atoms with Gasteiger partial charge >= 0.3 is 6.03 Å². The number of hydrazine groups is 1. The lowest BCUT2D eigenvalue weighted by Gasteiger charge is -2.18. The average Bonchev–Trinajstić information content (AvgIpc) is 2.02. The van der Waals surface area contributed by atoms with Crippen LogP contribution in [0.3, 0.4) is 0 Å². The Hall–Kier alpha value is -1.30. The first-order valence-electron chi connectivity index (χ1n) is 3.41. The third-order valence-corrected chi connectivity index (χ3v) is 1.34. The standard InChI is InChI=1S/C6H14N4O2/c1-9(2)5(11)4-10(3)6(12)8-7/h4,7H2,1-3H3,(H,8,12). The van der Waals surface area contributed by atoms with E-state index >= 15 is 0 Å². The fraction of sp³-hybridized carbons (Fsp3) is 0.667. The molecule has 3 amide bonds. The number of carbonyl (C=O) groups is 2. The normalized spacial score (nSPS) is 9.00. The molecule has 0 aromatic carbocycles. The van der Waals surface area contributed by atoms with Gasteiger partial charge in [-0.25, -0.2) is 10.6 Å². The van der Waals surface area contributed by atoms with Crippen LogP contribution in [0.5, 0.6) is 0 Å². The quantitative estimate of drug-likeness (QED) is 0.306. The first-order valence-corrected chi connectivity index (χ1v) is 3.41. The molecule has 0 aliphatic carbocycles. The summed E-state index contributed by atoms with van der Waals surface area (Å²) >= 11 is 0. The number of rotatable bonds is 2. The molecule has 6 heteroatoms. The van der Waals surface area contributed by atoms with Crippen LogP contribution in [0.25, 0.3) is 0 Å². The molecule has 0 unspecified atom stereocenters. The minimum Gasteiger partial charge on any atom is -0.347 e. The number of likely N-dealkylation sites (N-methyl/N-ethyl adjacent to an activating group) is 2. The maximum atomic E-state index is 11.0. The number of nitrogens with zero attached hydrogens (tertiary/aromatic N) is 2. The third-order valence-electron chi connectivity index (χ3n) is 1.34. The van der Waals surface area contributed by atoms with Crippen molar-refractivity contribution in [2.75, 3.05) is 27.7 Å². The Morgan fingerprint density at radius 3 is 2.17 bits per heavy atom. The van der Waals surface area contributed by atoms with E-state index in [1.165, 1.54) is 16.8 Å². The Kier molecular flexibility index (Phi) is 4.06. The van der Waals surface area contributed by atoms with Crippen LogP contribution >= 0.6 is 0 Å². The second-order valence-corrected chi connectivity index (χ2v) is 2.59. The summed E-state index contributed by atoms with van der Waals surface area (Å²) in [6.45, 7) is 0.0238. The first-order chi connectivity index (χ1) is 5.49. The highest BCUT2D eigenvalue weighted by Crippen LogP contribution is 1.86. The minimum absolute atomic E-state index is 0.0238. The van der Waals surface area contributed by atoms with Crippen LogP contribution in [0.2, 0.25) is 0 Å². The summed E-state index contributed by atoms with van der Waals surface area (Å²) in [6, 6.07) is -0.481. The third kappa shape index (κ3) is 3.20. The number of nitrogens with one attached hydrogen (secondary N) is 1. The predicted octanol–water partition coefficient (Wildman–Crippen LogP) is -1.41. The van der Waals surface area contributed by atoms with Crippen LogP contribution in [-0.2, 0) is 4.79 Å². The molecule has 70 valence electrons. The van der Waals surface area contributed by atoms with Crippen molar-refractivity contribution in [3.63, 3.8) is 0 Å². The van der Waals surface area contributed by atoms with E-state index in [9.17, 15) is 9.59 Å². The monoisotopic (exact) mass is 174 g/mol. The molecule has 0 aliphatic rings. The number of hydrogen-bond donors (Lipinski definition) is 2. The van der Waals surface area contributed by atoms with Crippen molar-refractivity contribution in [1.82, 2.24) is 15.2 Å². The van der Waals surface area contributed by atoms with E-state index in [1.54, 1.807) is 14.1 Å². The molecule has 0 rings (SSSR count). The molecular weight excluding hydrogens is 160 g/mol. The molecule has 0 fully saturated rings. The van der Waals surface area contributed by atoms with E-state index in [0.29, 0.717) is 0 Å². The van der Waals surface area contributed by atoms with E-state index in [1.807, 2.05) is 5.43 Å². The fourth-order valence-electron chi connectivity index (χ4n) is 0.526. The molecule has 0 aliphatic heterocycles. The Bertz CT molecular complexity index is 180. The van der Waals surface area contributed by atoms with Gasteiger partial charge in [-0.2, -0.15) is 0 Å². The highest BCUT2D eigenvalue weighted by atomic mass is 16.2. The van der Waals surface area contributed by atoms with Gasteiger partial charge in [0.25, 0.3) is 0 Å². The lowest BCUT2D eigenvalue weighted by Crippen LogP contribution is -2.45.